The molecule has 0 aromatic heterocycles. The van der Waals surface area contributed by atoms with Crippen LogP contribution in [0.3, 0.4) is 0 Å². The van der Waals surface area contributed by atoms with E-state index < -0.39 is 6.04 Å². The Labute approximate surface area is 95.3 Å². The third-order valence-corrected chi connectivity index (χ3v) is 1.96. The van der Waals surface area contributed by atoms with Crippen molar-refractivity contribution >= 4 is 6.03 Å². The van der Waals surface area contributed by atoms with Crippen LogP contribution in [-0.4, -0.2) is 12.1 Å². The lowest BCUT2D eigenvalue weighted by Crippen LogP contribution is -2.40. The zero-order chi connectivity index (χ0) is 12.0. The van der Waals surface area contributed by atoms with Crippen LogP contribution in [0.1, 0.15) is 25.5 Å². The molecule has 0 fully saturated rings. The van der Waals surface area contributed by atoms with Gasteiger partial charge in [-0.05, 0) is 19.4 Å². The van der Waals surface area contributed by atoms with Gasteiger partial charge >= 0.3 is 6.03 Å². The van der Waals surface area contributed by atoms with Gasteiger partial charge in [-0.25, -0.2) is 4.79 Å². The van der Waals surface area contributed by atoms with Crippen LogP contribution in [0.2, 0.25) is 0 Å². The van der Waals surface area contributed by atoms with E-state index in [4.69, 9.17) is 5.26 Å². The van der Waals surface area contributed by atoms with Crippen LogP contribution in [0.15, 0.2) is 30.3 Å². The molecule has 0 heterocycles. The van der Waals surface area contributed by atoms with Crippen LogP contribution in [0, 0.1) is 11.3 Å². The number of carbonyl (C=O) groups is 1. The van der Waals surface area contributed by atoms with Crippen molar-refractivity contribution in [2.24, 2.45) is 0 Å². The maximum Gasteiger partial charge on any atom is 0.316 e. The number of hydrogen-bond donors (Lipinski definition) is 2. The molecule has 1 aromatic rings. The quantitative estimate of drug-likeness (QED) is 0.812. The van der Waals surface area contributed by atoms with Gasteiger partial charge in [-0.3, -0.25) is 0 Å². The van der Waals surface area contributed by atoms with E-state index in [1.807, 2.05) is 44.2 Å². The summed E-state index contributed by atoms with van der Waals surface area (Å²) in [4.78, 5) is 11.4. The number of nitrogens with zero attached hydrogens (tertiary/aromatic N) is 1. The first-order valence-electron chi connectivity index (χ1n) is 5.15. The summed E-state index contributed by atoms with van der Waals surface area (Å²) in [6, 6.07) is 10.3. The molecule has 0 saturated heterocycles. The highest BCUT2D eigenvalue weighted by Crippen LogP contribution is 2.10. The van der Waals surface area contributed by atoms with Crippen molar-refractivity contribution in [2.45, 2.75) is 25.9 Å². The largest absolute Gasteiger partial charge is 0.336 e. The van der Waals surface area contributed by atoms with Crippen molar-refractivity contribution < 1.29 is 4.79 Å². The Morgan fingerprint density at radius 1 is 1.25 bits per heavy atom. The van der Waals surface area contributed by atoms with Crippen molar-refractivity contribution in [2.75, 3.05) is 0 Å². The number of benzene rings is 1. The van der Waals surface area contributed by atoms with Gasteiger partial charge in [0.1, 0.15) is 6.04 Å². The SMILES string of the molecule is CC(C)NC(=O)NC(C#N)c1ccccc1. The molecule has 1 aromatic carbocycles. The van der Waals surface area contributed by atoms with Gasteiger partial charge in [-0.1, -0.05) is 30.3 Å². The Balaban J connectivity index is 2.64. The first kappa shape index (κ1) is 12.1. The molecule has 1 rings (SSSR count). The minimum atomic E-state index is -0.611. The van der Waals surface area contributed by atoms with Gasteiger partial charge in [-0.2, -0.15) is 5.26 Å². The number of nitrogens with one attached hydrogen (secondary N) is 2. The predicted molar refractivity (Wildman–Crippen MR) is 61.6 cm³/mol. The van der Waals surface area contributed by atoms with Gasteiger partial charge < -0.3 is 10.6 Å². The van der Waals surface area contributed by atoms with Crippen LogP contribution < -0.4 is 10.6 Å². The average molecular weight is 217 g/mol. The van der Waals surface area contributed by atoms with Crippen LogP contribution >= 0.6 is 0 Å². The minimum absolute atomic E-state index is 0.0510. The second-order valence-corrected chi connectivity index (χ2v) is 3.75. The predicted octanol–water partition coefficient (Wildman–Crippen LogP) is 1.96. The van der Waals surface area contributed by atoms with Crippen molar-refractivity contribution in [3.8, 4) is 6.07 Å². The van der Waals surface area contributed by atoms with Gasteiger partial charge in [0.15, 0.2) is 0 Å². The molecule has 1 unspecified atom stereocenters. The van der Waals surface area contributed by atoms with Crippen LogP contribution in [0.4, 0.5) is 4.79 Å². The monoisotopic (exact) mass is 217 g/mol. The number of hydrogen-bond acceptors (Lipinski definition) is 2. The summed E-state index contributed by atoms with van der Waals surface area (Å²) in [5.74, 6) is 0. The molecular weight excluding hydrogens is 202 g/mol. The van der Waals surface area contributed by atoms with E-state index in [0.717, 1.165) is 5.56 Å². The lowest BCUT2D eigenvalue weighted by molar-refractivity contribution is 0.237. The van der Waals surface area contributed by atoms with Crippen LogP contribution in [-0.2, 0) is 0 Å². The lowest BCUT2D eigenvalue weighted by Gasteiger charge is -2.14. The molecule has 0 saturated carbocycles. The standard InChI is InChI=1S/C12H15N3O/c1-9(2)14-12(16)15-11(8-13)10-6-4-3-5-7-10/h3-7,9,11H,1-2H3,(H2,14,15,16). The van der Waals surface area contributed by atoms with E-state index in [9.17, 15) is 4.79 Å². The Morgan fingerprint density at radius 2 is 1.88 bits per heavy atom. The molecule has 4 heteroatoms. The van der Waals surface area contributed by atoms with E-state index >= 15 is 0 Å². The zero-order valence-electron chi connectivity index (χ0n) is 9.40. The van der Waals surface area contributed by atoms with Crippen LogP contribution in [0.5, 0.6) is 0 Å². The number of nitriles is 1. The van der Waals surface area contributed by atoms with Gasteiger partial charge in [0, 0.05) is 6.04 Å². The fraction of sp³-hybridized carbons (Fsp3) is 0.333. The molecule has 16 heavy (non-hydrogen) atoms. The smallest absolute Gasteiger partial charge is 0.316 e. The second-order valence-electron chi connectivity index (χ2n) is 3.75. The van der Waals surface area contributed by atoms with Gasteiger partial charge in [0.05, 0.1) is 6.07 Å². The minimum Gasteiger partial charge on any atom is -0.336 e. The molecule has 1 atom stereocenters. The summed E-state index contributed by atoms with van der Waals surface area (Å²) in [5.41, 5.74) is 0.781. The average Bonchev–Trinajstić information content (AvgIpc) is 2.26. The summed E-state index contributed by atoms with van der Waals surface area (Å²) in [6.07, 6.45) is 0. The molecule has 0 aliphatic rings. The number of amides is 2. The highest BCUT2D eigenvalue weighted by molar-refractivity contribution is 5.75. The first-order valence-corrected chi connectivity index (χ1v) is 5.15. The second kappa shape index (κ2) is 5.76. The Hall–Kier alpha value is -2.02. The molecule has 0 aliphatic carbocycles. The lowest BCUT2D eigenvalue weighted by atomic mass is 10.1. The van der Waals surface area contributed by atoms with Crippen molar-refractivity contribution in [1.82, 2.24) is 10.6 Å². The fourth-order valence-corrected chi connectivity index (χ4v) is 1.27. The molecule has 4 nitrogen and oxygen atoms in total. The summed E-state index contributed by atoms with van der Waals surface area (Å²) in [5, 5.41) is 14.2. The zero-order valence-corrected chi connectivity index (χ0v) is 9.40. The summed E-state index contributed by atoms with van der Waals surface area (Å²) < 4.78 is 0. The maximum absolute atomic E-state index is 11.4. The van der Waals surface area contributed by atoms with Crippen LogP contribution in [0.25, 0.3) is 0 Å². The fourth-order valence-electron chi connectivity index (χ4n) is 1.27. The van der Waals surface area contributed by atoms with Gasteiger partial charge in [0.2, 0.25) is 0 Å². The number of carbonyl (C=O) groups excluding carboxylic acids is 1. The molecule has 0 spiro atoms. The summed E-state index contributed by atoms with van der Waals surface area (Å²) >= 11 is 0. The topological polar surface area (TPSA) is 64.9 Å². The van der Waals surface area contributed by atoms with Crippen molar-refractivity contribution in [1.29, 1.82) is 5.26 Å². The van der Waals surface area contributed by atoms with E-state index in [-0.39, 0.29) is 12.1 Å². The molecule has 2 N–H and O–H groups in total. The first-order chi connectivity index (χ1) is 7.63. The summed E-state index contributed by atoms with van der Waals surface area (Å²) in [6.45, 7) is 3.73. The third-order valence-electron chi connectivity index (χ3n) is 1.96. The van der Waals surface area contributed by atoms with Gasteiger partial charge in [0.25, 0.3) is 0 Å². The molecule has 0 aliphatic heterocycles. The van der Waals surface area contributed by atoms with E-state index in [1.54, 1.807) is 0 Å². The molecule has 0 radical (unpaired) electrons. The normalized spacial score (nSPS) is 11.6. The van der Waals surface area contributed by atoms with Gasteiger partial charge in [-0.15, -0.1) is 0 Å². The summed E-state index contributed by atoms with van der Waals surface area (Å²) in [7, 11) is 0. The Kier molecular flexibility index (Phi) is 4.34. The maximum atomic E-state index is 11.4. The Bertz CT molecular complexity index is 381. The van der Waals surface area contributed by atoms with E-state index in [2.05, 4.69) is 16.7 Å². The highest BCUT2D eigenvalue weighted by Gasteiger charge is 2.13. The van der Waals surface area contributed by atoms with E-state index in [0.29, 0.717) is 0 Å². The molecular formula is C12H15N3O. The Morgan fingerprint density at radius 3 is 2.38 bits per heavy atom. The number of urea groups is 1. The molecule has 84 valence electrons. The van der Waals surface area contributed by atoms with E-state index in [1.165, 1.54) is 0 Å². The number of rotatable bonds is 3. The molecule has 0 bridgehead atoms. The highest BCUT2D eigenvalue weighted by atomic mass is 16.2. The molecule has 2 amide bonds. The third kappa shape index (κ3) is 3.62. The van der Waals surface area contributed by atoms with Crippen molar-refractivity contribution in [3.63, 3.8) is 0 Å². The van der Waals surface area contributed by atoms with Crippen molar-refractivity contribution in [3.05, 3.63) is 35.9 Å².